The number of amides is 2. The Hall–Kier alpha value is -1.85. The number of hydrogen-bond donors (Lipinski definition) is 2. The number of aromatic nitrogens is 2. The number of nitrogens with zero attached hydrogens (tertiary/aromatic N) is 2. The second kappa shape index (κ2) is 6.72. The zero-order valence-corrected chi connectivity index (χ0v) is 14.8. The van der Waals surface area contributed by atoms with Gasteiger partial charge in [-0.15, -0.1) is 0 Å². The van der Waals surface area contributed by atoms with Gasteiger partial charge in [0.05, 0.1) is 5.92 Å². The maximum atomic E-state index is 12.5. The van der Waals surface area contributed by atoms with Crippen LogP contribution in [0.15, 0.2) is 0 Å². The van der Waals surface area contributed by atoms with Crippen molar-refractivity contribution in [3.63, 3.8) is 0 Å². The lowest BCUT2D eigenvalue weighted by Crippen LogP contribution is -2.47. The molecule has 2 heterocycles. The van der Waals surface area contributed by atoms with E-state index in [1.165, 1.54) is 0 Å². The summed E-state index contributed by atoms with van der Waals surface area (Å²) in [6, 6.07) is 0. The highest BCUT2D eigenvalue weighted by atomic mass is 16.2. The largest absolute Gasteiger partial charge is 0.341 e. The number of aryl methyl sites for hydroxylation is 1. The van der Waals surface area contributed by atoms with Gasteiger partial charge in [0, 0.05) is 29.8 Å². The summed E-state index contributed by atoms with van der Waals surface area (Å²) in [6.07, 6.45) is 2.52. The second-order valence-electron chi connectivity index (χ2n) is 7.36. The number of carbonyl (C=O) groups is 2. The van der Waals surface area contributed by atoms with Gasteiger partial charge >= 0.3 is 0 Å². The fourth-order valence-electron chi connectivity index (χ4n) is 2.97. The first-order chi connectivity index (χ1) is 10.7. The van der Waals surface area contributed by atoms with E-state index in [-0.39, 0.29) is 17.7 Å². The lowest BCUT2D eigenvalue weighted by atomic mass is 9.91. The third kappa shape index (κ3) is 3.92. The zero-order valence-electron chi connectivity index (χ0n) is 14.8. The standard InChI is InChI=1S/C17H28N4O2/c1-6-13-11(2)14(20-19-13)18-15(22)12-8-7-9-21(10-12)16(23)17(3,4)5/h12H,6-10H2,1-5H3,(H2,18,19,20,22). The fourth-order valence-corrected chi connectivity index (χ4v) is 2.97. The van der Waals surface area contributed by atoms with Gasteiger partial charge in [0.2, 0.25) is 11.8 Å². The molecule has 128 valence electrons. The average Bonchev–Trinajstić information content (AvgIpc) is 2.86. The molecule has 2 rings (SSSR count). The predicted molar refractivity (Wildman–Crippen MR) is 90.1 cm³/mol. The smallest absolute Gasteiger partial charge is 0.230 e. The van der Waals surface area contributed by atoms with E-state index in [0.717, 1.165) is 37.1 Å². The molecule has 2 N–H and O–H groups in total. The molecule has 0 saturated carbocycles. The summed E-state index contributed by atoms with van der Waals surface area (Å²) in [5.41, 5.74) is 1.61. The molecule has 0 aliphatic carbocycles. The maximum Gasteiger partial charge on any atom is 0.230 e. The molecule has 1 aromatic heterocycles. The van der Waals surface area contributed by atoms with Crippen molar-refractivity contribution in [2.45, 2.75) is 53.9 Å². The third-order valence-electron chi connectivity index (χ3n) is 4.43. The van der Waals surface area contributed by atoms with E-state index in [1.807, 2.05) is 39.5 Å². The van der Waals surface area contributed by atoms with Gasteiger partial charge in [-0.05, 0) is 26.2 Å². The molecule has 0 bridgehead atoms. The maximum absolute atomic E-state index is 12.5. The normalized spacial score (nSPS) is 18.8. The number of piperidine rings is 1. The summed E-state index contributed by atoms with van der Waals surface area (Å²) >= 11 is 0. The first-order valence-electron chi connectivity index (χ1n) is 8.38. The van der Waals surface area contributed by atoms with Crippen LogP contribution in [0.2, 0.25) is 0 Å². The lowest BCUT2D eigenvalue weighted by molar-refractivity contribution is -0.142. The van der Waals surface area contributed by atoms with Crippen LogP contribution >= 0.6 is 0 Å². The van der Waals surface area contributed by atoms with E-state index in [0.29, 0.717) is 12.4 Å². The number of rotatable bonds is 3. The topological polar surface area (TPSA) is 78.1 Å². The first-order valence-corrected chi connectivity index (χ1v) is 8.38. The number of H-pyrrole nitrogens is 1. The van der Waals surface area contributed by atoms with Crippen molar-refractivity contribution in [2.75, 3.05) is 18.4 Å². The highest BCUT2D eigenvalue weighted by Gasteiger charge is 2.33. The molecule has 1 aliphatic rings. The molecule has 1 aromatic rings. The van der Waals surface area contributed by atoms with E-state index >= 15 is 0 Å². The zero-order chi connectivity index (χ0) is 17.2. The minimum Gasteiger partial charge on any atom is -0.341 e. The summed E-state index contributed by atoms with van der Waals surface area (Å²) in [7, 11) is 0. The average molecular weight is 320 g/mol. The van der Waals surface area contributed by atoms with Crippen molar-refractivity contribution >= 4 is 17.6 Å². The lowest BCUT2D eigenvalue weighted by Gasteiger charge is -2.35. The SMILES string of the molecule is CCc1[nH]nc(NC(=O)C2CCCN(C(=O)C(C)(C)C)C2)c1C. The number of carbonyl (C=O) groups excluding carboxylic acids is 2. The van der Waals surface area contributed by atoms with Crippen molar-refractivity contribution in [1.29, 1.82) is 0 Å². The van der Waals surface area contributed by atoms with Crippen molar-refractivity contribution in [2.24, 2.45) is 11.3 Å². The van der Waals surface area contributed by atoms with Crippen LogP contribution in [0.3, 0.4) is 0 Å². The monoisotopic (exact) mass is 320 g/mol. The Morgan fingerprint density at radius 1 is 1.39 bits per heavy atom. The van der Waals surface area contributed by atoms with Crippen molar-refractivity contribution < 1.29 is 9.59 Å². The summed E-state index contributed by atoms with van der Waals surface area (Å²) in [5, 5.41) is 10.0. The molecule has 0 spiro atoms. The minimum atomic E-state index is -0.410. The predicted octanol–water partition coefficient (Wildman–Crippen LogP) is 2.50. The summed E-state index contributed by atoms with van der Waals surface area (Å²) in [6.45, 7) is 11.0. The molecular weight excluding hydrogens is 292 g/mol. The molecule has 0 radical (unpaired) electrons. The molecule has 0 aromatic carbocycles. The molecule has 6 heteroatoms. The minimum absolute atomic E-state index is 0.0475. The molecule has 1 unspecified atom stereocenters. The Morgan fingerprint density at radius 2 is 2.09 bits per heavy atom. The number of likely N-dealkylation sites (tertiary alicyclic amines) is 1. The molecule has 23 heavy (non-hydrogen) atoms. The highest BCUT2D eigenvalue weighted by molar-refractivity contribution is 5.93. The van der Waals surface area contributed by atoms with Crippen molar-refractivity contribution in [3.05, 3.63) is 11.3 Å². The van der Waals surface area contributed by atoms with Gasteiger partial charge in [-0.3, -0.25) is 14.7 Å². The highest BCUT2D eigenvalue weighted by Crippen LogP contribution is 2.25. The van der Waals surface area contributed by atoms with Gasteiger partial charge in [-0.1, -0.05) is 27.7 Å². The number of anilines is 1. The van der Waals surface area contributed by atoms with Crippen LogP contribution < -0.4 is 5.32 Å². The Kier molecular flexibility index (Phi) is 5.12. The Bertz CT molecular complexity index is 586. The fraction of sp³-hybridized carbons (Fsp3) is 0.706. The van der Waals surface area contributed by atoms with Crippen LogP contribution in [0, 0.1) is 18.3 Å². The van der Waals surface area contributed by atoms with Crippen molar-refractivity contribution in [3.8, 4) is 0 Å². The van der Waals surface area contributed by atoms with Crippen LogP contribution in [0.5, 0.6) is 0 Å². The number of hydrogen-bond acceptors (Lipinski definition) is 3. The second-order valence-corrected chi connectivity index (χ2v) is 7.36. The molecule has 1 fully saturated rings. The van der Waals surface area contributed by atoms with E-state index < -0.39 is 5.41 Å². The Labute approximate surface area is 138 Å². The van der Waals surface area contributed by atoms with Crippen LogP contribution in [0.1, 0.15) is 51.8 Å². The first kappa shape index (κ1) is 17.5. The van der Waals surface area contributed by atoms with Crippen LogP contribution in [0.25, 0.3) is 0 Å². The molecular formula is C17H28N4O2. The molecule has 1 atom stereocenters. The number of aromatic amines is 1. The molecule has 1 saturated heterocycles. The number of nitrogens with one attached hydrogen (secondary N) is 2. The summed E-state index contributed by atoms with van der Waals surface area (Å²) < 4.78 is 0. The third-order valence-corrected chi connectivity index (χ3v) is 4.43. The summed E-state index contributed by atoms with van der Waals surface area (Å²) in [4.78, 5) is 26.8. The van der Waals surface area contributed by atoms with E-state index in [2.05, 4.69) is 15.5 Å². The molecule has 2 amide bonds. The van der Waals surface area contributed by atoms with Gasteiger partial charge < -0.3 is 10.2 Å². The van der Waals surface area contributed by atoms with Gasteiger partial charge in [-0.25, -0.2) is 0 Å². The van der Waals surface area contributed by atoms with Crippen LogP contribution in [-0.4, -0.2) is 40.0 Å². The van der Waals surface area contributed by atoms with E-state index in [4.69, 9.17) is 0 Å². The Morgan fingerprint density at radius 3 is 2.65 bits per heavy atom. The van der Waals surface area contributed by atoms with Crippen LogP contribution in [0.4, 0.5) is 5.82 Å². The van der Waals surface area contributed by atoms with Gasteiger partial charge in [0.1, 0.15) is 0 Å². The molecule has 1 aliphatic heterocycles. The van der Waals surface area contributed by atoms with E-state index in [9.17, 15) is 9.59 Å². The van der Waals surface area contributed by atoms with Gasteiger partial charge in [0.25, 0.3) is 0 Å². The Balaban J connectivity index is 2.02. The van der Waals surface area contributed by atoms with Gasteiger partial charge in [-0.2, -0.15) is 5.10 Å². The molecule has 6 nitrogen and oxygen atoms in total. The quantitative estimate of drug-likeness (QED) is 0.898. The van der Waals surface area contributed by atoms with Crippen molar-refractivity contribution in [1.82, 2.24) is 15.1 Å². The van der Waals surface area contributed by atoms with Gasteiger partial charge in [0.15, 0.2) is 5.82 Å². The van der Waals surface area contributed by atoms with Crippen LogP contribution in [-0.2, 0) is 16.0 Å². The van der Waals surface area contributed by atoms with E-state index in [1.54, 1.807) is 0 Å². The summed E-state index contributed by atoms with van der Waals surface area (Å²) in [5.74, 6) is 0.496.